The van der Waals surface area contributed by atoms with Crippen molar-refractivity contribution in [1.82, 2.24) is 9.71 Å². The molecule has 1 aromatic heterocycles. The third kappa shape index (κ3) is 2.34. The first-order valence-corrected chi connectivity index (χ1v) is 7.78. The molecule has 0 bridgehead atoms. The third-order valence-corrected chi connectivity index (χ3v) is 6.28. The molecule has 0 aliphatic heterocycles. The lowest BCUT2D eigenvalue weighted by Gasteiger charge is -2.07. The second-order valence-corrected chi connectivity index (χ2v) is 8.03. The standard InChI is InChI=1S/C13H21N3O2S/c1-12(2)10(13(12,3)4)8-16-19(17,18)9-5-6-11(14)15-7-9/h5-7,10,16H,8H2,1-4H3,(H2,14,15). The summed E-state index contributed by atoms with van der Waals surface area (Å²) in [5, 5.41) is 0. The van der Waals surface area contributed by atoms with Gasteiger partial charge < -0.3 is 5.73 Å². The predicted molar refractivity (Wildman–Crippen MR) is 74.9 cm³/mol. The van der Waals surface area contributed by atoms with Gasteiger partial charge in [-0.25, -0.2) is 18.1 Å². The van der Waals surface area contributed by atoms with Crippen LogP contribution in [-0.4, -0.2) is 19.9 Å². The first kappa shape index (κ1) is 14.3. The number of nitrogens with one attached hydrogen (secondary N) is 1. The van der Waals surface area contributed by atoms with Crippen LogP contribution in [0.1, 0.15) is 27.7 Å². The van der Waals surface area contributed by atoms with Gasteiger partial charge in [-0.3, -0.25) is 0 Å². The molecule has 0 radical (unpaired) electrons. The Morgan fingerprint density at radius 3 is 2.26 bits per heavy atom. The Kier molecular flexibility index (Phi) is 3.14. The van der Waals surface area contributed by atoms with Crippen LogP contribution in [0.4, 0.5) is 5.82 Å². The number of sulfonamides is 1. The first-order valence-electron chi connectivity index (χ1n) is 6.30. The molecule has 3 N–H and O–H groups in total. The van der Waals surface area contributed by atoms with E-state index in [0.717, 1.165) is 0 Å². The highest BCUT2D eigenvalue weighted by molar-refractivity contribution is 7.89. The summed E-state index contributed by atoms with van der Waals surface area (Å²) < 4.78 is 26.9. The molecule has 1 aliphatic rings. The molecule has 1 fully saturated rings. The van der Waals surface area contributed by atoms with Crippen molar-refractivity contribution in [1.29, 1.82) is 0 Å². The lowest BCUT2D eigenvalue weighted by atomic mass is 10.0. The molecule has 0 amide bonds. The number of nitrogens with two attached hydrogens (primary N) is 1. The van der Waals surface area contributed by atoms with Crippen molar-refractivity contribution < 1.29 is 8.42 Å². The van der Waals surface area contributed by atoms with Crippen LogP contribution in [0.15, 0.2) is 23.2 Å². The van der Waals surface area contributed by atoms with Crippen molar-refractivity contribution in [3.8, 4) is 0 Å². The Morgan fingerprint density at radius 2 is 1.84 bits per heavy atom. The summed E-state index contributed by atoms with van der Waals surface area (Å²) in [6.45, 7) is 9.10. The van der Waals surface area contributed by atoms with E-state index in [9.17, 15) is 8.42 Å². The van der Waals surface area contributed by atoms with E-state index in [1.165, 1.54) is 18.3 Å². The molecule has 106 valence electrons. The molecular weight excluding hydrogens is 262 g/mol. The van der Waals surface area contributed by atoms with Crippen LogP contribution in [0.3, 0.4) is 0 Å². The Labute approximate surface area is 114 Å². The molecule has 0 unspecified atom stereocenters. The smallest absolute Gasteiger partial charge is 0.242 e. The summed E-state index contributed by atoms with van der Waals surface area (Å²) in [6.07, 6.45) is 1.28. The quantitative estimate of drug-likeness (QED) is 0.879. The van der Waals surface area contributed by atoms with E-state index in [1.807, 2.05) is 0 Å². The van der Waals surface area contributed by atoms with E-state index in [0.29, 0.717) is 18.3 Å². The Bertz CT molecular complexity index is 562. The number of nitrogens with zero attached hydrogens (tertiary/aromatic N) is 1. The molecule has 1 aromatic rings. The second kappa shape index (κ2) is 4.18. The van der Waals surface area contributed by atoms with Gasteiger partial charge in [0, 0.05) is 12.7 Å². The molecule has 5 nitrogen and oxygen atoms in total. The average Bonchev–Trinajstić information content (AvgIpc) is 2.67. The molecule has 1 saturated carbocycles. The summed E-state index contributed by atoms with van der Waals surface area (Å²) in [5.41, 5.74) is 5.77. The number of aromatic nitrogens is 1. The Morgan fingerprint density at radius 1 is 1.26 bits per heavy atom. The van der Waals surface area contributed by atoms with Crippen LogP contribution in [0.2, 0.25) is 0 Å². The van der Waals surface area contributed by atoms with Gasteiger partial charge in [0.2, 0.25) is 10.0 Å². The number of anilines is 1. The normalized spacial score (nSPS) is 21.3. The fourth-order valence-electron chi connectivity index (χ4n) is 2.67. The molecule has 1 aliphatic carbocycles. The number of hydrogen-bond donors (Lipinski definition) is 2. The van der Waals surface area contributed by atoms with E-state index in [2.05, 4.69) is 37.4 Å². The maximum absolute atomic E-state index is 12.1. The highest BCUT2D eigenvalue weighted by Crippen LogP contribution is 2.67. The van der Waals surface area contributed by atoms with E-state index in [-0.39, 0.29) is 15.7 Å². The van der Waals surface area contributed by atoms with Gasteiger partial charge in [-0.2, -0.15) is 0 Å². The molecule has 0 spiro atoms. The summed E-state index contributed by atoms with van der Waals surface area (Å²) in [5.74, 6) is 0.653. The molecule has 0 saturated heterocycles. The Hall–Kier alpha value is -1.14. The lowest BCUT2D eigenvalue weighted by Crippen LogP contribution is -2.27. The first-order chi connectivity index (χ1) is 8.59. The number of rotatable bonds is 4. The zero-order valence-corrected chi connectivity index (χ0v) is 12.6. The minimum absolute atomic E-state index is 0.151. The van der Waals surface area contributed by atoms with Crippen LogP contribution >= 0.6 is 0 Å². The largest absolute Gasteiger partial charge is 0.384 e. The van der Waals surface area contributed by atoms with Crippen LogP contribution in [0, 0.1) is 16.7 Å². The zero-order valence-electron chi connectivity index (χ0n) is 11.8. The zero-order chi connectivity index (χ0) is 14.5. The second-order valence-electron chi connectivity index (χ2n) is 6.27. The third-order valence-electron chi connectivity index (χ3n) is 4.87. The van der Waals surface area contributed by atoms with Crippen molar-refractivity contribution in [2.45, 2.75) is 32.6 Å². The van der Waals surface area contributed by atoms with Gasteiger partial charge in [0.25, 0.3) is 0 Å². The topological polar surface area (TPSA) is 85.1 Å². The summed E-state index contributed by atoms with van der Waals surface area (Å²) in [7, 11) is -3.50. The molecule has 19 heavy (non-hydrogen) atoms. The van der Waals surface area contributed by atoms with Crippen LogP contribution in [0.5, 0.6) is 0 Å². The summed E-state index contributed by atoms with van der Waals surface area (Å²) >= 11 is 0. The van der Waals surface area contributed by atoms with Crippen molar-refractivity contribution >= 4 is 15.8 Å². The molecule has 1 heterocycles. The highest BCUT2D eigenvalue weighted by atomic mass is 32.2. The van der Waals surface area contributed by atoms with E-state index < -0.39 is 10.0 Å². The van der Waals surface area contributed by atoms with Crippen molar-refractivity contribution in [3.05, 3.63) is 18.3 Å². The Balaban J connectivity index is 2.06. The fraction of sp³-hybridized carbons (Fsp3) is 0.615. The van der Waals surface area contributed by atoms with Gasteiger partial charge in [0.05, 0.1) is 0 Å². The molecular formula is C13H21N3O2S. The predicted octanol–water partition coefficient (Wildman–Crippen LogP) is 1.62. The van der Waals surface area contributed by atoms with E-state index in [1.54, 1.807) is 0 Å². The summed E-state index contributed by atoms with van der Waals surface area (Å²) in [6, 6.07) is 2.95. The van der Waals surface area contributed by atoms with Crippen LogP contribution < -0.4 is 10.5 Å². The highest BCUT2D eigenvalue weighted by Gasteiger charge is 2.64. The van der Waals surface area contributed by atoms with Gasteiger partial charge in [0.15, 0.2) is 0 Å². The molecule has 2 rings (SSSR count). The minimum atomic E-state index is -3.50. The van der Waals surface area contributed by atoms with Crippen molar-refractivity contribution in [2.24, 2.45) is 16.7 Å². The SMILES string of the molecule is CC1(C)C(CNS(=O)(=O)c2ccc(N)nc2)C1(C)C. The van der Waals surface area contributed by atoms with Gasteiger partial charge in [-0.15, -0.1) is 0 Å². The van der Waals surface area contributed by atoms with Crippen molar-refractivity contribution in [3.63, 3.8) is 0 Å². The van der Waals surface area contributed by atoms with Crippen LogP contribution in [0.25, 0.3) is 0 Å². The van der Waals surface area contributed by atoms with E-state index >= 15 is 0 Å². The van der Waals surface area contributed by atoms with E-state index in [4.69, 9.17) is 5.73 Å². The fourth-order valence-corrected chi connectivity index (χ4v) is 3.66. The number of hydrogen-bond acceptors (Lipinski definition) is 4. The monoisotopic (exact) mass is 283 g/mol. The van der Waals surface area contributed by atoms with Crippen molar-refractivity contribution in [2.75, 3.05) is 12.3 Å². The number of nitrogen functional groups attached to an aromatic ring is 1. The molecule has 0 aromatic carbocycles. The molecule has 6 heteroatoms. The van der Waals surface area contributed by atoms with Gasteiger partial charge >= 0.3 is 0 Å². The van der Waals surface area contributed by atoms with Gasteiger partial charge in [-0.1, -0.05) is 27.7 Å². The summed E-state index contributed by atoms with van der Waals surface area (Å²) in [4.78, 5) is 3.95. The number of pyridine rings is 1. The maximum Gasteiger partial charge on any atom is 0.242 e. The van der Waals surface area contributed by atoms with Gasteiger partial charge in [0.1, 0.15) is 10.7 Å². The maximum atomic E-state index is 12.1. The van der Waals surface area contributed by atoms with Crippen LogP contribution in [-0.2, 0) is 10.0 Å². The molecule has 0 atom stereocenters. The average molecular weight is 283 g/mol. The van der Waals surface area contributed by atoms with Gasteiger partial charge in [-0.05, 0) is 28.9 Å². The minimum Gasteiger partial charge on any atom is -0.384 e. The lowest BCUT2D eigenvalue weighted by molar-refractivity contribution is 0.457.